The summed E-state index contributed by atoms with van der Waals surface area (Å²) in [5.41, 5.74) is 1.70. The van der Waals surface area contributed by atoms with E-state index in [1.807, 2.05) is 13.8 Å². The topological polar surface area (TPSA) is 61.6 Å². The molecule has 1 aliphatic rings. The minimum Gasteiger partial charge on any atom is -0.338 e. The van der Waals surface area contributed by atoms with Crippen molar-refractivity contribution in [2.75, 3.05) is 45.1 Å². The largest absolute Gasteiger partial charge is 0.338 e. The molecule has 1 aliphatic heterocycles. The van der Waals surface area contributed by atoms with E-state index in [1.54, 1.807) is 0 Å². The number of nitrogens with zero attached hydrogens (tertiary/aromatic N) is 3. The first-order valence-electron chi connectivity index (χ1n) is 6.20. The Morgan fingerprint density at radius 2 is 2.00 bits per heavy atom. The first kappa shape index (κ1) is 13.0. The van der Waals surface area contributed by atoms with Crippen molar-refractivity contribution in [1.82, 2.24) is 15.0 Å². The summed E-state index contributed by atoms with van der Waals surface area (Å²) in [5.74, 6) is 0.422. The number of aromatic nitrogens is 1. The van der Waals surface area contributed by atoms with Crippen molar-refractivity contribution in [3.05, 3.63) is 11.3 Å². The van der Waals surface area contributed by atoms with Crippen molar-refractivity contribution >= 4 is 11.8 Å². The van der Waals surface area contributed by atoms with Gasteiger partial charge in [0.05, 0.1) is 12.2 Å². The summed E-state index contributed by atoms with van der Waals surface area (Å²) in [5, 5.41) is 6.58. The summed E-state index contributed by atoms with van der Waals surface area (Å²) >= 11 is 0. The van der Waals surface area contributed by atoms with E-state index >= 15 is 0 Å². The van der Waals surface area contributed by atoms with Gasteiger partial charge in [-0.15, -0.1) is 0 Å². The fraction of sp³-hybridized carbons (Fsp3) is 0.667. The molecule has 1 saturated heterocycles. The molecular weight excluding hydrogens is 232 g/mol. The van der Waals surface area contributed by atoms with Gasteiger partial charge in [-0.1, -0.05) is 5.16 Å². The SMILES string of the molecule is Cc1noc(NC(=O)CN2CCN(C)CC2)c1C. The quantitative estimate of drug-likeness (QED) is 0.847. The molecule has 1 aromatic rings. The monoisotopic (exact) mass is 252 g/mol. The Labute approximate surface area is 107 Å². The fourth-order valence-corrected chi connectivity index (χ4v) is 1.91. The molecule has 0 unspecified atom stereocenters. The predicted octanol–water partition coefficient (Wildman–Crippen LogP) is 0.477. The summed E-state index contributed by atoms with van der Waals surface area (Å²) in [6.07, 6.45) is 0. The molecule has 18 heavy (non-hydrogen) atoms. The van der Waals surface area contributed by atoms with E-state index in [2.05, 4.69) is 27.3 Å². The minimum absolute atomic E-state index is 0.0428. The van der Waals surface area contributed by atoms with Crippen LogP contribution in [0.2, 0.25) is 0 Å². The van der Waals surface area contributed by atoms with E-state index < -0.39 is 0 Å². The van der Waals surface area contributed by atoms with Crippen LogP contribution >= 0.6 is 0 Å². The molecule has 2 heterocycles. The molecule has 1 fully saturated rings. The van der Waals surface area contributed by atoms with Gasteiger partial charge < -0.3 is 9.42 Å². The molecule has 0 saturated carbocycles. The molecule has 0 aliphatic carbocycles. The van der Waals surface area contributed by atoms with E-state index in [1.165, 1.54) is 0 Å². The van der Waals surface area contributed by atoms with Crippen molar-refractivity contribution in [2.24, 2.45) is 0 Å². The molecule has 1 aromatic heterocycles. The Balaban J connectivity index is 1.84. The highest BCUT2D eigenvalue weighted by Gasteiger charge is 2.18. The lowest BCUT2D eigenvalue weighted by Crippen LogP contribution is -2.47. The maximum atomic E-state index is 11.9. The number of rotatable bonds is 3. The number of nitrogens with one attached hydrogen (secondary N) is 1. The molecule has 1 amide bonds. The number of anilines is 1. The van der Waals surface area contributed by atoms with Crippen LogP contribution in [0.3, 0.4) is 0 Å². The van der Waals surface area contributed by atoms with Crippen LogP contribution in [0.5, 0.6) is 0 Å². The second kappa shape index (κ2) is 5.49. The highest BCUT2D eigenvalue weighted by atomic mass is 16.5. The molecule has 6 nitrogen and oxygen atoms in total. The number of aryl methyl sites for hydroxylation is 1. The predicted molar refractivity (Wildman–Crippen MR) is 68.5 cm³/mol. The molecule has 0 spiro atoms. The van der Waals surface area contributed by atoms with Crippen LogP contribution in [0, 0.1) is 13.8 Å². The van der Waals surface area contributed by atoms with Gasteiger partial charge in [-0.3, -0.25) is 15.0 Å². The third kappa shape index (κ3) is 3.08. The van der Waals surface area contributed by atoms with Crippen molar-refractivity contribution in [2.45, 2.75) is 13.8 Å². The maximum Gasteiger partial charge on any atom is 0.240 e. The van der Waals surface area contributed by atoms with Crippen molar-refractivity contribution < 1.29 is 9.32 Å². The average Bonchev–Trinajstić information content (AvgIpc) is 2.64. The molecule has 1 N–H and O–H groups in total. The lowest BCUT2D eigenvalue weighted by molar-refractivity contribution is -0.117. The molecule has 6 heteroatoms. The van der Waals surface area contributed by atoms with Crippen LogP contribution in [-0.2, 0) is 4.79 Å². The lowest BCUT2D eigenvalue weighted by atomic mass is 10.3. The van der Waals surface area contributed by atoms with Gasteiger partial charge in [0.2, 0.25) is 11.8 Å². The molecule has 2 rings (SSSR count). The maximum absolute atomic E-state index is 11.9. The van der Waals surface area contributed by atoms with Gasteiger partial charge in [0, 0.05) is 31.7 Å². The number of amides is 1. The Hall–Kier alpha value is -1.40. The van der Waals surface area contributed by atoms with Crippen molar-refractivity contribution in [3.8, 4) is 0 Å². The summed E-state index contributed by atoms with van der Waals surface area (Å²) in [6, 6.07) is 0. The van der Waals surface area contributed by atoms with Crippen LogP contribution < -0.4 is 5.32 Å². The number of hydrogen-bond donors (Lipinski definition) is 1. The molecule has 0 aromatic carbocycles. The van der Waals surface area contributed by atoms with Crippen LogP contribution in [-0.4, -0.2) is 60.6 Å². The Morgan fingerprint density at radius 3 is 2.56 bits per heavy atom. The molecular formula is C12H20N4O2. The van der Waals surface area contributed by atoms with Crippen LogP contribution in [0.15, 0.2) is 4.52 Å². The second-order valence-corrected chi connectivity index (χ2v) is 4.85. The Bertz CT molecular complexity index is 422. The van der Waals surface area contributed by atoms with Crippen molar-refractivity contribution in [3.63, 3.8) is 0 Å². The molecule has 100 valence electrons. The second-order valence-electron chi connectivity index (χ2n) is 4.85. The number of hydrogen-bond acceptors (Lipinski definition) is 5. The van der Waals surface area contributed by atoms with Gasteiger partial charge in [0.25, 0.3) is 0 Å². The Kier molecular flexibility index (Phi) is 3.98. The number of likely N-dealkylation sites (N-methyl/N-ethyl adjacent to an activating group) is 1. The van der Waals surface area contributed by atoms with E-state index in [0.717, 1.165) is 37.4 Å². The van der Waals surface area contributed by atoms with Crippen LogP contribution in [0.4, 0.5) is 5.88 Å². The van der Waals surface area contributed by atoms with Gasteiger partial charge in [0.1, 0.15) is 0 Å². The fourth-order valence-electron chi connectivity index (χ4n) is 1.91. The van der Waals surface area contributed by atoms with Gasteiger partial charge in [-0.2, -0.15) is 0 Å². The zero-order valence-electron chi connectivity index (χ0n) is 11.2. The zero-order valence-corrected chi connectivity index (χ0v) is 11.2. The summed E-state index contributed by atoms with van der Waals surface area (Å²) in [7, 11) is 2.10. The average molecular weight is 252 g/mol. The first-order valence-corrected chi connectivity index (χ1v) is 6.20. The van der Waals surface area contributed by atoms with Crippen LogP contribution in [0.1, 0.15) is 11.3 Å². The highest BCUT2D eigenvalue weighted by Crippen LogP contribution is 2.17. The Morgan fingerprint density at radius 1 is 1.33 bits per heavy atom. The molecule has 0 bridgehead atoms. The van der Waals surface area contributed by atoms with E-state index in [-0.39, 0.29) is 5.91 Å². The van der Waals surface area contributed by atoms with Gasteiger partial charge in [-0.25, -0.2) is 0 Å². The smallest absolute Gasteiger partial charge is 0.240 e. The zero-order chi connectivity index (χ0) is 13.1. The third-order valence-corrected chi connectivity index (χ3v) is 3.37. The summed E-state index contributed by atoms with van der Waals surface area (Å²) in [4.78, 5) is 16.3. The minimum atomic E-state index is -0.0428. The van der Waals surface area contributed by atoms with Gasteiger partial charge >= 0.3 is 0 Å². The number of carbonyl (C=O) groups excluding carboxylic acids is 1. The standard InChI is InChI=1S/C12H20N4O2/c1-9-10(2)14-18-12(9)13-11(17)8-16-6-4-15(3)5-7-16/h4-8H2,1-3H3,(H,13,17). The van der Waals surface area contributed by atoms with Gasteiger partial charge in [-0.05, 0) is 20.9 Å². The summed E-state index contributed by atoms with van der Waals surface area (Å²) < 4.78 is 5.06. The van der Waals surface area contributed by atoms with Gasteiger partial charge in [0.15, 0.2) is 0 Å². The molecule has 0 radical (unpaired) electrons. The van der Waals surface area contributed by atoms with Crippen LogP contribution in [0.25, 0.3) is 0 Å². The number of carbonyl (C=O) groups is 1. The van der Waals surface area contributed by atoms with E-state index in [0.29, 0.717) is 12.4 Å². The highest BCUT2D eigenvalue weighted by molar-refractivity contribution is 5.91. The normalized spacial score (nSPS) is 17.9. The summed E-state index contributed by atoms with van der Waals surface area (Å²) in [6.45, 7) is 8.03. The third-order valence-electron chi connectivity index (χ3n) is 3.37. The first-order chi connectivity index (χ1) is 8.56. The number of piperazine rings is 1. The van der Waals surface area contributed by atoms with E-state index in [4.69, 9.17) is 4.52 Å². The van der Waals surface area contributed by atoms with E-state index in [9.17, 15) is 4.79 Å². The molecule has 0 atom stereocenters. The lowest BCUT2D eigenvalue weighted by Gasteiger charge is -2.31. The van der Waals surface area contributed by atoms with Crippen molar-refractivity contribution in [1.29, 1.82) is 0 Å².